The Kier molecular flexibility index (Phi) is 5.41. The molecule has 1 aromatic rings. The Morgan fingerprint density at radius 1 is 1.21 bits per heavy atom. The number of piperazine rings is 1. The highest BCUT2D eigenvalue weighted by Crippen LogP contribution is 2.20. The molecular weight excluding hydrogens is 232 g/mol. The van der Waals surface area contributed by atoms with Gasteiger partial charge in [0.1, 0.15) is 0 Å². The Morgan fingerprint density at radius 2 is 1.95 bits per heavy atom. The van der Waals surface area contributed by atoms with E-state index in [1.807, 2.05) is 0 Å². The maximum Gasteiger partial charge on any atom is 0.0219 e. The van der Waals surface area contributed by atoms with Crippen LogP contribution in [0.3, 0.4) is 0 Å². The van der Waals surface area contributed by atoms with Crippen LogP contribution in [0.4, 0.5) is 0 Å². The van der Waals surface area contributed by atoms with Crippen molar-refractivity contribution < 1.29 is 0 Å². The highest BCUT2D eigenvalue weighted by atomic mass is 15.2. The molecule has 0 aromatic heterocycles. The van der Waals surface area contributed by atoms with Gasteiger partial charge in [0, 0.05) is 31.7 Å². The summed E-state index contributed by atoms with van der Waals surface area (Å²) in [5.74, 6) is 0.617. The molecule has 1 heterocycles. The zero-order valence-corrected chi connectivity index (χ0v) is 12.6. The van der Waals surface area contributed by atoms with E-state index in [1.165, 1.54) is 31.5 Å². The Bertz CT molecular complexity index is 363. The monoisotopic (exact) mass is 260 g/mol. The highest BCUT2D eigenvalue weighted by Gasteiger charge is 2.26. The van der Waals surface area contributed by atoms with Crippen LogP contribution in [0.5, 0.6) is 0 Å². The molecule has 0 aliphatic carbocycles. The van der Waals surface area contributed by atoms with Gasteiger partial charge in [0.2, 0.25) is 0 Å². The fraction of sp³-hybridized carbons (Fsp3) is 0.647. The zero-order valence-electron chi connectivity index (χ0n) is 12.6. The second-order valence-corrected chi connectivity index (χ2v) is 5.84. The normalized spacial score (nSPS) is 26.3. The summed E-state index contributed by atoms with van der Waals surface area (Å²) in [7, 11) is 0. The first-order valence-electron chi connectivity index (χ1n) is 7.77. The standard InChI is InChI=1S/C17H28N2/c1-4-16-13-19(17(5-2)11-18-16)12-14(3)15-9-7-6-8-10-15/h6-10,14,16-18H,4-5,11-13H2,1-3H3. The number of hydrogen-bond donors (Lipinski definition) is 1. The van der Waals surface area contributed by atoms with E-state index < -0.39 is 0 Å². The molecule has 1 fully saturated rings. The molecule has 1 aromatic carbocycles. The largest absolute Gasteiger partial charge is 0.311 e. The van der Waals surface area contributed by atoms with Crippen molar-refractivity contribution in [3.05, 3.63) is 35.9 Å². The zero-order chi connectivity index (χ0) is 13.7. The van der Waals surface area contributed by atoms with Gasteiger partial charge in [-0.15, -0.1) is 0 Å². The smallest absolute Gasteiger partial charge is 0.0219 e. The van der Waals surface area contributed by atoms with Crippen molar-refractivity contribution >= 4 is 0 Å². The molecule has 0 amide bonds. The van der Waals surface area contributed by atoms with E-state index in [1.54, 1.807) is 0 Å². The number of rotatable bonds is 5. The van der Waals surface area contributed by atoms with Crippen molar-refractivity contribution in [3.8, 4) is 0 Å². The van der Waals surface area contributed by atoms with Crippen molar-refractivity contribution in [2.75, 3.05) is 19.6 Å². The molecule has 0 bridgehead atoms. The molecule has 2 heteroatoms. The average Bonchev–Trinajstić information content (AvgIpc) is 2.48. The molecule has 3 unspecified atom stereocenters. The molecule has 1 N–H and O–H groups in total. The molecule has 19 heavy (non-hydrogen) atoms. The third-order valence-corrected chi connectivity index (χ3v) is 4.45. The molecule has 0 saturated carbocycles. The summed E-state index contributed by atoms with van der Waals surface area (Å²) in [6.07, 6.45) is 2.47. The van der Waals surface area contributed by atoms with Crippen molar-refractivity contribution in [2.24, 2.45) is 0 Å². The molecule has 0 spiro atoms. The van der Waals surface area contributed by atoms with E-state index in [4.69, 9.17) is 0 Å². The molecule has 106 valence electrons. The second-order valence-electron chi connectivity index (χ2n) is 5.84. The van der Waals surface area contributed by atoms with Gasteiger partial charge in [-0.05, 0) is 24.3 Å². The summed E-state index contributed by atoms with van der Waals surface area (Å²) in [6, 6.07) is 12.3. The lowest BCUT2D eigenvalue weighted by atomic mass is 9.97. The Hall–Kier alpha value is -0.860. The predicted molar refractivity (Wildman–Crippen MR) is 82.6 cm³/mol. The minimum Gasteiger partial charge on any atom is -0.311 e. The molecular formula is C17H28N2. The van der Waals surface area contributed by atoms with Gasteiger partial charge in [-0.3, -0.25) is 4.90 Å². The van der Waals surface area contributed by atoms with E-state index in [-0.39, 0.29) is 0 Å². The first-order valence-corrected chi connectivity index (χ1v) is 7.77. The van der Waals surface area contributed by atoms with Crippen molar-refractivity contribution in [1.82, 2.24) is 10.2 Å². The molecule has 1 aliphatic rings. The summed E-state index contributed by atoms with van der Waals surface area (Å²) >= 11 is 0. The van der Waals surface area contributed by atoms with E-state index in [0.29, 0.717) is 18.0 Å². The van der Waals surface area contributed by atoms with E-state index in [2.05, 4.69) is 61.3 Å². The SMILES string of the molecule is CCC1CN(CC(C)c2ccccc2)C(CC)CN1. The van der Waals surface area contributed by atoms with Crippen LogP contribution in [0, 0.1) is 0 Å². The lowest BCUT2D eigenvalue weighted by Crippen LogP contribution is -2.56. The minimum absolute atomic E-state index is 0.617. The van der Waals surface area contributed by atoms with Gasteiger partial charge < -0.3 is 5.32 Å². The maximum absolute atomic E-state index is 3.67. The number of benzene rings is 1. The fourth-order valence-corrected chi connectivity index (χ4v) is 3.07. The van der Waals surface area contributed by atoms with Crippen LogP contribution in [0.15, 0.2) is 30.3 Å². The first kappa shape index (κ1) is 14.5. The summed E-state index contributed by atoms with van der Waals surface area (Å²) in [4.78, 5) is 2.70. The second kappa shape index (κ2) is 7.06. The minimum atomic E-state index is 0.617. The summed E-state index contributed by atoms with van der Waals surface area (Å²) in [5, 5.41) is 3.67. The molecule has 1 aliphatic heterocycles. The van der Waals surface area contributed by atoms with Crippen molar-refractivity contribution in [3.63, 3.8) is 0 Å². The van der Waals surface area contributed by atoms with Gasteiger partial charge >= 0.3 is 0 Å². The lowest BCUT2D eigenvalue weighted by molar-refractivity contribution is 0.119. The number of hydrogen-bond acceptors (Lipinski definition) is 2. The van der Waals surface area contributed by atoms with Crippen LogP contribution >= 0.6 is 0 Å². The van der Waals surface area contributed by atoms with Crippen LogP contribution in [0.2, 0.25) is 0 Å². The summed E-state index contributed by atoms with van der Waals surface area (Å²) < 4.78 is 0. The van der Waals surface area contributed by atoms with Gasteiger partial charge in [0.05, 0.1) is 0 Å². The van der Waals surface area contributed by atoms with Crippen molar-refractivity contribution in [2.45, 2.75) is 51.6 Å². The van der Waals surface area contributed by atoms with Gasteiger partial charge in [-0.2, -0.15) is 0 Å². The third-order valence-electron chi connectivity index (χ3n) is 4.45. The summed E-state index contributed by atoms with van der Waals surface area (Å²) in [5.41, 5.74) is 1.46. The molecule has 0 radical (unpaired) electrons. The van der Waals surface area contributed by atoms with Crippen LogP contribution in [0.1, 0.15) is 45.1 Å². The maximum atomic E-state index is 3.67. The van der Waals surface area contributed by atoms with E-state index in [9.17, 15) is 0 Å². The number of nitrogens with zero attached hydrogens (tertiary/aromatic N) is 1. The van der Waals surface area contributed by atoms with Gasteiger partial charge in [-0.1, -0.05) is 51.1 Å². The van der Waals surface area contributed by atoms with Crippen LogP contribution in [-0.2, 0) is 0 Å². The molecule has 2 rings (SSSR count). The third kappa shape index (κ3) is 3.80. The van der Waals surface area contributed by atoms with Crippen LogP contribution < -0.4 is 5.32 Å². The topological polar surface area (TPSA) is 15.3 Å². The number of nitrogens with one attached hydrogen (secondary N) is 1. The Balaban J connectivity index is 1.98. The van der Waals surface area contributed by atoms with Gasteiger partial charge in [0.15, 0.2) is 0 Å². The first-order chi connectivity index (χ1) is 9.24. The highest BCUT2D eigenvalue weighted by molar-refractivity contribution is 5.19. The van der Waals surface area contributed by atoms with E-state index >= 15 is 0 Å². The lowest BCUT2D eigenvalue weighted by Gasteiger charge is -2.41. The Labute approximate surface area is 118 Å². The fourth-order valence-electron chi connectivity index (χ4n) is 3.07. The van der Waals surface area contributed by atoms with Gasteiger partial charge in [-0.25, -0.2) is 0 Å². The summed E-state index contributed by atoms with van der Waals surface area (Å²) in [6.45, 7) is 10.5. The quantitative estimate of drug-likeness (QED) is 0.874. The van der Waals surface area contributed by atoms with Gasteiger partial charge in [0.25, 0.3) is 0 Å². The Morgan fingerprint density at radius 3 is 2.58 bits per heavy atom. The van der Waals surface area contributed by atoms with E-state index in [0.717, 1.165) is 6.54 Å². The van der Waals surface area contributed by atoms with Crippen LogP contribution in [-0.4, -0.2) is 36.6 Å². The van der Waals surface area contributed by atoms with Crippen LogP contribution in [0.25, 0.3) is 0 Å². The molecule has 3 atom stereocenters. The predicted octanol–water partition coefficient (Wildman–Crippen LogP) is 3.25. The molecule has 2 nitrogen and oxygen atoms in total. The molecule has 1 saturated heterocycles. The van der Waals surface area contributed by atoms with Crippen molar-refractivity contribution in [1.29, 1.82) is 0 Å². The average molecular weight is 260 g/mol.